The van der Waals surface area contributed by atoms with Gasteiger partial charge in [-0.3, -0.25) is 14.5 Å². The van der Waals surface area contributed by atoms with E-state index in [4.69, 9.17) is 0 Å². The number of nitrogens with zero attached hydrogens (tertiary/aromatic N) is 1. The van der Waals surface area contributed by atoms with Gasteiger partial charge in [-0.05, 0) is 55.8 Å². The lowest BCUT2D eigenvalue weighted by molar-refractivity contribution is -0.119. The van der Waals surface area contributed by atoms with Crippen LogP contribution in [0.1, 0.15) is 25.3 Å². The molecule has 2 aromatic rings. The zero-order valence-corrected chi connectivity index (χ0v) is 15.8. The van der Waals surface area contributed by atoms with Crippen LogP contribution in [-0.4, -0.2) is 36.9 Å². The van der Waals surface area contributed by atoms with Gasteiger partial charge >= 0.3 is 0 Å². The monoisotopic (exact) mass is 371 g/mol. The van der Waals surface area contributed by atoms with Gasteiger partial charge in [-0.15, -0.1) is 0 Å². The van der Waals surface area contributed by atoms with Crippen molar-refractivity contribution in [1.82, 2.24) is 4.90 Å². The molecular formula is C21H26FN3O2. The highest BCUT2D eigenvalue weighted by Gasteiger charge is 2.11. The maximum Gasteiger partial charge on any atom is 0.238 e. The highest BCUT2D eigenvalue weighted by atomic mass is 19.1. The summed E-state index contributed by atoms with van der Waals surface area (Å²) in [5.41, 5.74) is 2.37. The summed E-state index contributed by atoms with van der Waals surface area (Å²) in [6.45, 7) is 2.26. The van der Waals surface area contributed by atoms with Crippen LogP contribution in [-0.2, 0) is 16.0 Å². The molecule has 0 aliphatic heterocycles. The molecule has 0 fully saturated rings. The summed E-state index contributed by atoms with van der Waals surface area (Å²) >= 11 is 0. The molecule has 0 spiro atoms. The molecule has 6 heteroatoms. The number of nitrogens with one attached hydrogen (secondary N) is 2. The first-order chi connectivity index (χ1) is 13.0. The lowest BCUT2D eigenvalue weighted by Gasteiger charge is -2.16. The molecule has 2 amide bonds. The number of rotatable bonds is 9. The van der Waals surface area contributed by atoms with Crippen molar-refractivity contribution in [3.63, 3.8) is 0 Å². The summed E-state index contributed by atoms with van der Waals surface area (Å²) in [5.74, 6) is -0.921. The number of likely N-dealkylation sites (N-methyl/N-ethyl adjacent to an activating group) is 1. The normalized spacial score (nSPS) is 10.7. The molecule has 144 valence electrons. The summed E-state index contributed by atoms with van der Waals surface area (Å²) in [6.07, 6.45) is 3.33. The van der Waals surface area contributed by atoms with Crippen LogP contribution in [0.5, 0.6) is 0 Å². The van der Waals surface area contributed by atoms with Crippen LogP contribution in [0.25, 0.3) is 0 Å². The number of benzene rings is 2. The fraction of sp³-hybridized carbons (Fsp3) is 0.333. The Kier molecular flexibility index (Phi) is 7.95. The lowest BCUT2D eigenvalue weighted by Crippen LogP contribution is -2.36. The van der Waals surface area contributed by atoms with Gasteiger partial charge in [-0.25, -0.2) is 4.39 Å². The lowest BCUT2D eigenvalue weighted by atomic mass is 10.1. The van der Waals surface area contributed by atoms with E-state index < -0.39 is 5.82 Å². The molecule has 0 atom stereocenters. The number of aryl methyl sites for hydroxylation is 1. The topological polar surface area (TPSA) is 61.4 Å². The van der Waals surface area contributed by atoms with Crippen LogP contribution in [0.3, 0.4) is 0 Å². The number of hydrogen-bond acceptors (Lipinski definition) is 3. The van der Waals surface area contributed by atoms with Crippen LogP contribution in [0.2, 0.25) is 0 Å². The van der Waals surface area contributed by atoms with Crippen LogP contribution in [0.15, 0.2) is 48.5 Å². The zero-order chi connectivity index (χ0) is 19.6. The largest absolute Gasteiger partial charge is 0.325 e. The summed E-state index contributed by atoms with van der Waals surface area (Å²) in [6, 6.07) is 13.5. The molecular weight excluding hydrogens is 345 g/mol. The Labute approximate surface area is 159 Å². The predicted octanol–water partition coefficient (Wildman–Crippen LogP) is 3.68. The first-order valence-corrected chi connectivity index (χ1v) is 9.09. The van der Waals surface area contributed by atoms with Crippen molar-refractivity contribution in [2.75, 3.05) is 30.8 Å². The number of hydrogen-bond donors (Lipinski definition) is 2. The number of anilines is 2. The van der Waals surface area contributed by atoms with Gasteiger partial charge in [-0.2, -0.15) is 0 Å². The van der Waals surface area contributed by atoms with Gasteiger partial charge in [0.05, 0.1) is 13.1 Å². The van der Waals surface area contributed by atoms with E-state index in [-0.39, 0.29) is 24.9 Å². The van der Waals surface area contributed by atoms with Crippen molar-refractivity contribution in [3.8, 4) is 0 Å². The molecule has 2 aromatic carbocycles. The SMILES string of the molecule is CCCCc1ccc(NC(=O)CN(C)CC(=O)Nc2cccc(F)c2)cc1. The summed E-state index contributed by atoms with van der Waals surface area (Å²) < 4.78 is 13.1. The minimum atomic E-state index is -0.416. The van der Waals surface area contributed by atoms with Crippen molar-refractivity contribution in [2.45, 2.75) is 26.2 Å². The molecule has 0 aliphatic carbocycles. The van der Waals surface area contributed by atoms with E-state index in [1.54, 1.807) is 18.0 Å². The summed E-state index contributed by atoms with van der Waals surface area (Å²) in [7, 11) is 1.68. The van der Waals surface area contributed by atoms with E-state index in [1.807, 2.05) is 24.3 Å². The van der Waals surface area contributed by atoms with E-state index in [0.717, 1.165) is 24.9 Å². The molecule has 0 aliphatic rings. The minimum absolute atomic E-state index is 0.0277. The third-order valence-corrected chi connectivity index (χ3v) is 3.99. The van der Waals surface area contributed by atoms with Crippen LogP contribution < -0.4 is 10.6 Å². The van der Waals surface area contributed by atoms with Gasteiger partial charge in [0.25, 0.3) is 0 Å². The van der Waals surface area contributed by atoms with Gasteiger partial charge in [0, 0.05) is 11.4 Å². The van der Waals surface area contributed by atoms with Crippen LogP contribution in [0.4, 0.5) is 15.8 Å². The maximum atomic E-state index is 13.1. The summed E-state index contributed by atoms with van der Waals surface area (Å²) in [4.78, 5) is 25.7. The average Bonchev–Trinajstić information content (AvgIpc) is 2.60. The van der Waals surface area contributed by atoms with Crippen molar-refractivity contribution in [1.29, 1.82) is 0 Å². The molecule has 2 N–H and O–H groups in total. The average molecular weight is 371 g/mol. The van der Waals surface area contributed by atoms with E-state index in [2.05, 4.69) is 17.6 Å². The molecule has 0 bridgehead atoms. The van der Waals surface area contributed by atoms with E-state index >= 15 is 0 Å². The van der Waals surface area contributed by atoms with Gasteiger partial charge in [0.1, 0.15) is 5.82 Å². The Hall–Kier alpha value is -2.73. The van der Waals surface area contributed by atoms with Crippen LogP contribution in [0, 0.1) is 5.82 Å². The molecule has 27 heavy (non-hydrogen) atoms. The molecule has 0 saturated carbocycles. The second-order valence-corrected chi connectivity index (χ2v) is 6.58. The van der Waals surface area contributed by atoms with Crippen molar-refractivity contribution in [3.05, 3.63) is 59.9 Å². The fourth-order valence-electron chi connectivity index (χ4n) is 2.65. The zero-order valence-electron chi connectivity index (χ0n) is 15.8. The Morgan fingerprint density at radius 1 is 0.963 bits per heavy atom. The third-order valence-electron chi connectivity index (χ3n) is 3.99. The second-order valence-electron chi connectivity index (χ2n) is 6.58. The van der Waals surface area contributed by atoms with Crippen molar-refractivity contribution < 1.29 is 14.0 Å². The van der Waals surface area contributed by atoms with Crippen molar-refractivity contribution >= 4 is 23.2 Å². The second kappa shape index (κ2) is 10.4. The smallest absolute Gasteiger partial charge is 0.238 e. The van der Waals surface area contributed by atoms with E-state index in [1.165, 1.54) is 23.8 Å². The van der Waals surface area contributed by atoms with Gasteiger partial charge in [0.2, 0.25) is 11.8 Å². The number of unbranched alkanes of at least 4 members (excludes halogenated alkanes) is 1. The fourth-order valence-corrected chi connectivity index (χ4v) is 2.65. The molecule has 0 saturated heterocycles. The molecule has 5 nitrogen and oxygen atoms in total. The van der Waals surface area contributed by atoms with Crippen LogP contribution >= 0.6 is 0 Å². The number of carbonyl (C=O) groups excluding carboxylic acids is 2. The van der Waals surface area contributed by atoms with Gasteiger partial charge < -0.3 is 10.6 Å². The number of amides is 2. The Bertz CT molecular complexity index is 762. The predicted molar refractivity (Wildman–Crippen MR) is 106 cm³/mol. The number of halogens is 1. The molecule has 0 heterocycles. The number of carbonyl (C=O) groups is 2. The minimum Gasteiger partial charge on any atom is -0.325 e. The van der Waals surface area contributed by atoms with Crippen molar-refractivity contribution in [2.24, 2.45) is 0 Å². The summed E-state index contributed by atoms with van der Waals surface area (Å²) in [5, 5.41) is 5.43. The highest BCUT2D eigenvalue weighted by molar-refractivity contribution is 5.94. The molecule has 2 rings (SSSR count). The Morgan fingerprint density at radius 2 is 1.59 bits per heavy atom. The highest BCUT2D eigenvalue weighted by Crippen LogP contribution is 2.12. The standard InChI is InChI=1S/C21H26FN3O2/c1-3-4-6-16-9-11-18(12-10-16)23-20(26)14-25(2)15-21(27)24-19-8-5-7-17(22)13-19/h5,7-13H,3-4,6,14-15H2,1-2H3,(H,23,26)(H,24,27). The quantitative estimate of drug-likeness (QED) is 0.707. The first kappa shape index (κ1) is 20.6. The molecule has 0 radical (unpaired) electrons. The first-order valence-electron chi connectivity index (χ1n) is 9.09. The Morgan fingerprint density at radius 3 is 2.19 bits per heavy atom. The van der Waals surface area contributed by atoms with Gasteiger partial charge in [0.15, 0.2) is 0 Å². The molecule has 0 unspecified atom stereocenters. The Balaban J connectivity index is 1.76. The maximum absolute atomic E-state index is 13.1. The molecule has 0 aromatic heterocycles. The van der Waals surface area contributed by atoms with E-state index in [9.17, 15) is 14.0 Å². The third kappa shape index (κ3) is 7.58. The van der Waals surface area contributed by atoms with Gasteiger partial charge in [-0.1, -0.05) is 31.5 Å². The van der Waals surface area contributed by atoms with E-state index in [0.29, 0.717) is 5.69 Å².